The van der Waals surface area contributed by atoms with Gasteiger partial charge in [0.2, 0.25) is 11.8 Å². The second kappa shape index (κ2) is 8.05. The van der Waals surface area contributed by atoms with Gasteiger partial charge in [-0.1, -0.05) is 6.42 Å². The summed E-state index contributed by atoms with van der Waals surface area (Å²) in [5, 5.41) is 2.73. The maximum absolute atomic E-state index is 11.8. The Labute approximate surface area is 139 Å². The average molecular weight is 329 g/mol. The molecule has 7 nitrogen and oxygen atoms in total. The van der Waals surface area contributed by atoms with Crippen molar-refractivity contribution in [2.75, 3.05) is 11.9 Å². The number of rotatable bonds is 8. The fraction of sp³-hybridized carbons (Fsp3) is 0.294. The molecule has 0 aromatic heterocycles. The third kappa shape index (κ3) is 4.77. The summed E-state index contributed by atoms with van der Waals surface area (Å²) in [5.41, 5.74) is 6.13. The minimum Gasteiger partial charge on any atom is -0.366 e. The minimum absolute atomic E-state index is 0.128. The van der Waals surface area contributed by atoms with E-state index >= 15 is 0 Å². The number of carbonyl (C=O) groups is 4. The summed E-state index contributed by atoms with van der Waals surface area (Å²) >= 11 is 0. The number of benzene rings is 1. The smallest absolute Gasteiger partial charge is 0.253 e. The molecule has 24 heavy (non-hydrogen) atoms. The molecule has 2 rings (SSSR count). The van der Waals surface area contributed by atoms with Crippen molar-refractivity contribution in [1.82, 2.24) is 4.90 Å². The Kier molecular flexibility index (Phi) is 5.83. The number of anilines is 1. The largest absolute Gasteiger partial charge is 0.366 e. The fourth-order valence-corrected chi connectivity index (χ4v) is 2.33. The summed E-state index contributed by atoms with van der Waals surface area (Å²) in [6.07, 6.45) is 4.94. The molecule has 1 heterocycles. The lowest BCUT2D eigenvalue weighted by atomic mass is 10.1. The maximum Gasteiger partial charge on any atom is 0.253 e. The summed E-state index contributed by atoms with van der Waals surface area (Å²) in [5.74, 6) is -1.20. The molecule has 0 saturated heterocycles. The summed E-state index contributed by atoms with van der Waals surface area (Å²) in [7, 11) is 0. The van der Waals surface area contributed by atoms with Crippen LogP contribution in [0.15, 0.2) is 36.4 Å². The quantitative estimate of drug-likeness (QED) is 0.552. The summed E-state index contributed by atoms with van der Waals surface area (Å²) in [6, 6.07) is 6.34. The fourth-order valence-electron chi connectivity index (χ4n) is 2.33. The molecule has 126 valence electrons. The van der Waals surface area contributed by atoms with Crippen LogP contribution in [0.5, 0.6) is 0 Å². The van der Waals surface area contributed by atoms with E-state index in [4.69, 9.17) is 5.73 Å². The zero-order valence-electron chi connectivity index (χ0n) is 13.2. The molecule has 0 aliphatic carbocycles. The summed E-state index contributed by atoms with van der Waals surface area (Å²) in [4.78, 5) is 46.7. The lowest BCUT2D eigenvalue weighted by Crippen LogP contribution is -2.30. The zero-order chi connectivity index (χ0) is 17.5. The first-order chi connectivity index (χ1) is 11.5. The van der Waals surface area contributed by atoms with Crippen LogP contribution in [0, 0.1) is 0 Å². The molecule has 4 amide bonds. The van der Waals surface area contributed by atoms with Gasteiger partial charge >= 0.3 is 0 Å². The number of hydrogen-bond acceptors (Lipinski definition) is 4. The molecule has 1 aliphatic rings. The Hall–Kier alpha value is -2.96. The lowest BCUT2D eigenvalue weighted by molar-refractivity contribution is -0.136. The molecule has 0 fully saturated rings. The van der Waals surface area contributed by atoms with E-state index in [2.05, 4.69) is 5.32 Å². The van der Waals surface area contributed by atoms with Crippen molar-refractivity contribution in [2.24, 2.45) is 5.73 Å². The zero-order valence-corrected chi connectivity index (χ0v) is 13.2. The van der Waals surface area contributed by atoms with E-state index in [-0.39, 0.29) is 17.7 Å². The SMILES string of the molecule is NC(=O)c1ccc(NC(=O)CCCCCN2C(=O)C=CC2=O)cc1. The standard InChI is InChI=1S/C17H19N3O4/c18-17(24)12-5-7-13(8-6-12)19-14(21)4-2-1-3-11-20-15(22)9-10-16(20)23/h5-10H,1-4,11H2,(H2,18,24)(H,19,21). The molecule has 1 aromatic rings. The van der Waals surface area contributed by atoms with Gasteiger partial charge in [-0.05, 0) is 37.1 Å². The Morgan fingerprint density at radius 3 is 2.17 bits per heavy atom. The van der Waals surface area contributed by atoms with Crippen molar-refractivity contribution in [3.63, 3.8) is 0 Å². The third-order valence-corrected chi connectivity index (χ3v) is 3.64. The normalized spacial score (nSPS) is 13.4. The van der Waals surface area contributed by atoms with Crippen molar-refractivity contribution in [3.8, 4) is 0 Å². The van der Waals surface area contributed by atoms with Gasteiger partial charge in [0.25, 0.3) is 11.8 Å². The molecular formula is C17H19N3O4. The van der Waals surface area contributed by atoms with Gasteiger partial charge in [-0.15, -0.1) is 0 Å². The van der Waals surface area contributed by atoms with E-state index in [0.29, 0.717) is 37.1 Å². The van der Waals surface area contributed by atoms with Gasteiger partial charge in [0.05, 0.1) is 0 Å². The van der Waals surface area contributed by atoms with Crippen LogP contribution in [-0.2, 0) is 14.4 Å². The molecule has 1 aliphatic heterocycles. The number of nitrogens with two attached hydrogens (primary N) is 1. The van der Waals surface area contributed by atoms with E-state index in [9.17, 15) is 19.2 Å². The molecule has 0 bridgehead atoms. The highest BCUT2D eigenvalue weighted by atomic mass is 16.2. The lowest BCUT2D eigenvalue weighted by Gasteiger charge is -2.13. The molecule has 3 N–H and O–H groups in total. The summed E-state index contributed by atoms with van der Waals surface area (Å²) in [6.45, 7) is 0.376. The van der Waals surface area contributed by atoms with Crippen molar-refractivity contribution in [3.05, 3.63) is 42.0 Å². The minimum atomic E-state index is -0.516. The van der Waals surface area contributed by atoms with Crippen LogP contribution in [0.3, 0.4) is 0 Å². The van der Waals surface area contributed by atoms with Crippen LogP contribution in [0.2, 0.25) is 0 Å². The monoisotopic (exact) mass is 329 g/mol. The van der Waals surface area contributed by atoms with Crippen molar-refractivity contribution in [2.45, 2.75) is 25.7 Å². The van der Waals surface area contributed by atoms with Crippen LogP contribution in [-0.4, -0.2) is 35.1 Å². The number of nitrogens with zero attached hydrogens (tertiary/aromatic N) is 1. The molecule has 0 radical (unpaired) electrons. The van der Waals surface area contributed by atoms with Crippen molar-refractivity contribution >= 4 is 29.3 Å². The van der Waals surface area contributed by atoms with Gasteiger partial charge in [-0.25, -0.2) is 0 Å². The van der Waals surface area contributed by atoms with Crippen LogP contribution >= 0.6 is 0 Å². The van der Waals surface area contributed by atoms with Crippen molar-refractivity contribution < 1.29 is 19.2 Å². The summed E-state index contributed by atoms with van der Waals surface area (Å²) < 4.78 is 0. The van der Waals surface area contributed by atoms with Gasteiger partial charge in [-0.3, -0.25) is 24.1 Å². The molecule has 0 saturated carbocycles. The highest BCUT2D eigenvalue weighted by Gasteiger charge is 2.22. The molecule has 0 atom stereocenters. The van der Waals surface area contributed by atoms with E-state index in [0.717, 1.165) is 6.42 Å². The van der Waals surface area contributed by atoms with Gasteiger partial charge in [0.1, 0.15) is 0 Å². The first-order valence-electron chi connectivity index (χ1n) is 7.70. The molecule has 7 heteroatoms. The Balaban J connectivity index is 1.64. The second-order valence-electron chi connectivity index (χ2n) is 5.46. The van der Waals surface area contributed by atoms with E-state index in [1.165, 1.54) is 17.1 Å². The van der Waals surface area contributed by atoms with E-state index in [1.54, 1.807) is 24.3 Å². The molecule has 0 unspecified atom stereocenters. The number of amides is 4. The van der Waals surface area contributed by atoms with Crippen LogP contribution in [0.25, 0.3) is 0 Å². The van der Waals surface area contributed by atoms with Crippen LogP contribution in [0.4, 0.5) is 5.69 Å². The highest BCUT2D eigenvalue weighted by Crippen LogP contribution is 2.11. The van der Waals surface area contributed by atoms with Gasteiger partial charge < -0.3 is 11.1 Å². The maximum atomic E-state index is 11.8. The first kappa shape index (κ1) is 17.4. The topological polar surface area (TPSA) is 110 Å². The second-order valence-corrected chi connectivity index (χ2v) is 5.46. The molecular weight excluding hydrogens is 310 g/mol. The highest BCUT2D eigenvalue weighted by molar-refractivity contribution is 6.12. The van der Waals surface area contributed by atoms with Crippen molar-refractivity contribution in [1.29, 1.82) is 0 Å². The average Bonchev–Trinajstić information content (AvgIpc) is 2.86. The molecule has 1 aromatic carbocycles. The Morgan fingerprint density at radius 2 is 1.58 bits per heavy atom. The van der Waals surface area contributed by atoms with E-state index < -0.39 is 5.91 Å². The molecule has 0 spiro atoms. The Bertz CT molecular complexity index is 662. The van der Waals surface area contributed by atoms with Crippen LogP contribution in [0.1, 0.15) is 36.0 Å². The van der Waals surface area contributed by atoms with Crippen LogP contribution < -0.4 is 11.1 Å². The number of unbranched alkanes of at least 4 members (excludes halogenated alkanes) is 2. The van der Waals surface area contributed by atoms with E-state index in [1.807, 2.05) is 0 Å². The Morgan fingerprint density at radius 1 is 0.958 bits per heavy atom. The van der Waals surface area contributed by atoms with Gasteiger partial charge in [0.15, 0.2) is 0 Å². The number of nitrogens with one attached hydrogen (secondary N) is 1. The number of carbonyl (C=O) groups excluding carboxylic acids is 4. The van der Waals surface area contributed by atoms with Gasteiger partial charge in [0, 0.05) is 36.4 Å². The third-order valence-electron chi connectivity index (χ3n) is 3.64. The predicted octanol–water partition coefficient (Wildman–Crippen LogP) is 1.21. The predicted molar refractivity (Wildman–Crippen MR) is 87.9 cm³/mol. The van der Waals surface area contributed by atoms with Gasteiger partial charge in [-0.2, -0.15) is 0 Å². The number of hydrogen-bond donors (Lipinski definition) is 2. The first-order valence-corrected chi connectivity index (χ1v) is 7.70. The number of imide groups is 1. The number of primary amides is 1.